The van der Waals surface area contributed by atoms with Crippen LogP contribution >= 0.6 is 27.7 Å². The van der Waals surface area contributed by atoms with Gasteiger partial charge < -0.3 is 21.3 Å². The van der Waals surface area contributed by atoms with E-state index in [0.29, 0.717) is 59.7 Å². The molecule has 12 nitrogen and oxygen atoms in total. The van der Waals surface area contributed by atoms with E-state index in [1.807, 2.05) is 44.2 Å². The smallest absolute Gasteiger partial charge is 0.382 e. The fourth-order valence-corrected chi connectivity index (χ4v) is 8.98. The number of amides is 2. The van der Waals surface area contributed by atoms with E-state index in [1.54, 1.807) is 52.6 Å². The molecule has 2 aliphatic carbocycles. The molecule has 0 bridgehead atoms. The first-order chi connectivity index (χ1) is 33.3. The number of anilines is 2. The molecule has 21 heteroatoms. The zero-order chi connectivity index (χ0) is 49.9. The van der Waals surface area contributed by atoms with Crippen LogP contribution in [0.1, 0.15) is 88.8 Å². The predicted molar refractivity (Wildman–Crippen MR) is 258 cm³/mol. The lowest BCUT2D eigenvalue weighted by atomic mass is 10.0. The summed E-state index contributed by atoms with van der Waals surface area (Å²) in [6.45, 7) is 5.79. The monoisotopic (exact) mass is 1050 g/mol. The van der Waals surface area contributed by atoms with E-state index < -0.39 is 25.2 Å². The summed E-state index contributed by atoms with van der Waals surface area (Å²) in [6, 6.07) is 19.6. The molecule has 0 aliphatic heterocycles. The van der Waals surface area contributed by atoms with Crippen molar-refractivity contribution in [1.29, 1.82) is 0 Å². The minimum Gasteiger partial charge on any atom is -0.382 e. The van der Waals surface area contributed by atoms with Crippen LogP contribution in [-0.2, 0) is 0 Å². The molecule has 368 valence electrons. The highest BCUT2D eigenvalue weighted by Gasteiger charge is 2.28. The molecule has 0 spiro atoms. The van der Waals surface area contributed by atoms with Gasteiger partial charge in [-0.3, -0.25) is 9.59 Å². The molecule has 2 fully saturated rings. The van der Waals surface area contributed by atoms with E-state index in [0.717, 1.165) is 53.5 Å². The second kappa shape index (κ2) is 21.0. The topological polar surface area (TPSA) is 143 Å². The first-order valence-electron chi connectivity index (χ1n) is 22.6. The Balaban J connectivity index is 0.000000193. The number of carbonyl (C=O) groups is 2. The molecule has 3 aromatic carbocycles. The summed E-state index contributed by atoms with van der Waals surface area (Å²) in [6.07, 6.45) is -2.92. The van der Waals surface area contributed by atoms with Crippen LogP contribution in [-0.4, -0.2) is 78.5 Å². The number of rotatable bonds is 16. The molecular weight excluding hydrogens is 1010 g/mol. The number of nitrogens with one attached hydrogen (secondary N) is 4. The lowest BCUT2D eigenvalue weighted by molar-refractivity contribution is -0.135. The summed E-state index contributed by atoms with van der Waals surface area (Å²) in [7, 11) is 0. The van der Waals surface area contributed by atoms with Gasteiger partial charge in [0.1, 0.15) is 15.4 Å². The molecule has 4 aromatic heterocycles. The Labute approximate surface area is 410 Å². The average Bonchev–Trinajstić information content (AvgIpc) is 4.19. The van der Waals surface area contributed by atoms with E-state index in [4.69, 9.17) is 5.10 Å². The molecule has 0 atom stereocenters. The molecule has 0 saturated heterocycles. The summed E-state index contributed by atoms with van der Waals surface area (Å²) in [5.41, 5.74) is 8.67. The quantitative estimate of drug-likeness (QED) is 0.0549. The van der Waals surface area contributed by atoms with Gasteiger partial charge in [0.25, 0.3) is 11.8 Å². The van der Waals surface area contributed by atoms with E-state index >= 15 is 0 Å². The number of benzene rings is 3. The van der Waals surface area contributed by atoms with Crippen molar-refractivity contribution in [2.45, 2.75) is 106 Å². The molecule has 9 rings (SSSR count). The molecule has 0 unspecified atom stereocenters. The molecule has 0 radical (unpaired) electrons. The predicted octanol–water partition coefficient (Wildman–Crippen LogP) is 12.1. The fourth-order valence-electron chi connectivity index (χ4n) is 7.63. The first-order valence-corrected chi connectivity index (χ1v) is 24.2. The molecule has 4 N–H and O–H groups in total. The number of nitrogens with zero attached hydrogens (tertiary/aromatic N) is 6. The number of halogens is 8. The minimum absolute atomic E-state index is 0.0350. The summed E-state index contributed by atoms with van der Waals surface area (Å²) < 4.78 is 92.9. The van der Waals surface area contributed by atoms with Crippen molar-refractivity contribution in [3.05, 3.63) is 117 Å². The molecule has 2 saturated carbocycles. The van der Waals surface area contributed by atoms with Crippen LogP contribution in [0.4, 0.5) is 42.1 Å². The van der Waals surface area contributed by atoms with E-state index in [2.05, 4.69) is 52.3 Å². The summed E-state index contributed by atoms with van der Waals surface area (Å²) >= 11 is 4.60. The molecule has 2 amide bonds. The largest absolute Gasteiger partial charge is 0.389 e. The zero-order valence-corrected chi connectivity index (χ0v) is 40.6. The maximum absolute atomic E-state index is 14.0. The molecule has 2 aliphatic rings. The van der Waals surface area contributed by atoms with E-state index in [-0.39, 0.29) is 55.6 Å². The third kappa shape index (κ3) is 13.1. The number of hydrogen-bond donors (Lipinski definition) is 4. The molecule has 7 aromatic rings. The minimum atomic E-state index is -4.23. The second-order valence-electron chi connectivity index (χ2n) is 17.4. The van der Waals surface area contributed by atoms with Crippen LogP contribution < -0.4 is 21.3 Å². The van der Waals surface area contributed by atoms with Gasteiger partial charge >= 0.3 is 12.4 Å². The van der Waals surface area contributed by atoms with Gasteiger partial charge in [0.2, 0.25) is 0 Å². The normalized spacial score (nSPS) is 13.8. The van der Waals surface area contributed by atoms with E-state index in [9.17, 15) is 40.3 Å². The highest BCUT2D eigenvalue weighted by molar-refractivity contribution is 9.10. The second-order valence-corrected chi connectivity index (χ2v) is 19.4. The van der Waals surface area contributed by atoms with Gasteiger partial charge in [0.15, 0.2) is 11.3 Å². The third-order valence-corrected chi connectivity index (χ3v) is 12.7. The lowest BCUT2D eigenvalue weighted by Crippen LogP contribution is -2.26. The van der Waals surface area contributed by atoms with Gasteiger partial charge in [-0.25, -0.2) is 23.4 Å². The van der Waals surface area contributed by atoms with Gasteiger partial charge in [-0.15, -0.1) is 0 Å². The summed E-state index contributed by atoms with van der Waals surface area (Å²) in [4.78, 5) is 34.5. The van der Waals surface area contributed by atoms with Crippen molar-refractivity contribution in [3.63, 3.8) is 0 Å². The average molecular weight is 1050 g/mol. The van der Waals surface area contributed by atoms with Crippen molar-refractivity contribution in [2.24, 2.45) is 0 Å². The highest BCUT2D eigenvalue weighted by atomic mass is 79.9. The Bertz CT molecular complexity index is 3040. The third-order valence-electron chi connectivity index (χ3n) is 11.4. The van der Waals surface area contributed by atoms with Gasteiger partial charge in [-0.05, 0) is 147 Å². The number of fused-ring (bicyclic) bond motifs is 2. The van der Waals surface area contributed by atoms with Crippen molar-refractivity contribution < 1.29 is 40.3 Å². The maximum atomic E-state index is 14.0. The number of hydrogen-bond acceptors (Lipinski definition) is 9. The Hall–Kier alpha value is -6.22. The Kier molecular flexibility index (Phi) is 15.1. The van der Waals surface area contributed by atoms with Crippen LogP contribution in [0.2, 0.25) is 0 Å². The number of aromatic nitrogens is 6. The maximum Gasteiger partial charge on any atom is 0.389 e. The number of imidazole rings is 2. The fraction of sp³-hybridized carbons (Fsp3) is 0.347. The number of aryl methyl sites for hydroxylation is 3. The highest BCUT2D eigenvalue weighted by Crippen LogP contribution is 2.34. The Morgan fingerprint density at radius 1 is 0.671 bits per heavy atom. The van der Waals surface area contributed by atoms with Gasteiger partial charge in [-0.1, -0.05) is 23.9 Å². The SMILES string of the molecule is Cc1cc(-c2cnc3c(NCCCC(F)(F)F)cc(Br)nn23)ccc1C(=O)NC1CC1.Cc1cc(F)cc(Sc2cc(NCCCC(F)(F)F)c3ncc(-c4ccc(C(=O)NC5CC5)c(C)c4)n3n2)c1. The van der Waals surface area contributed by atoms with Crippen LogP contribution in [0.5, 0.6) is 0 Å². The van der Waals surface area contributed by atoms with Gasteiger partial charge in [0, 0.05) is 65.2 Å². The summed E-state index contributed by atoms with van der Waals surface area (Å²) in [5, 5.41) is 21.8. The van der Waals surface area contributed by atoms with Crippen LogP contribution in [0, 0.1) is 26.6 Å². The van der Waals surface area contributed by atoms with Gasteiger partial charge in [-0.2, -0.15) is 36.5 Å². The number of carbonyl (C=O) groups excluding carboxylic acids is 2. The first kappa shape index (κ1) is 50.2. The molecule has 4 heterocycles. The Morgan fingerprint density at radius 3 is 1.61 bits per heavy atom. The lowest BCUT2D eigenvalue weighted by Gasteiger charge is -2.13. The van der Waals surface area contributed by atoms with Crippen molar-refractivity contribution >= 4 is 62.2 Å². The summed E-state index contributed by atoms with van der Waals surface area (Å²) in [5.74, 6) is -0.545. The van der Waals surface area contributed by atoms with Gasteiger partial charge in [0.05, 0.1) is 35.2 Å². The molecule has 70 heavy (non-hydrogen) atoms. The molecular formula is C49H48BrF7N10O2S. The Morgan fingerprint density at radius 2 is 1.16 bits per heavy atom. The van der Waals surface area contributed by atoms with Crippen molar-refractivity contribution in [1.82, 2.24) is 39.8 Å². The number of alkyl halides is 6. The standard InChI is InChI=1S/C28H27F4N5OS.C21H21BrF3N5O/c1-16-10-19(29)13-21(11-16)39-25-14-23(33-9-3-8-28(30,31)32)26-34-15-24(37(26)36-25)18-4-7-22(17(2)12-18)27(38)35-20-5-6-20;1-12-9-13(3-6-15(12)20(31)28-14-4-5-14)17-11-27-19-16(10-18(22)29-30(17)19)26-8-2-7-21(23,24)25/h4,7,10-15,20,33H,3,5-6,8-9H2,1-2H3,(H,35,38);3,6,9-11,14,26H,2,4-5,7-8H2,1H3,(H,28,31). The zero-order valence-electron chi connectivity index (χ0n) is 38.2. The van der Waals surface area contributed by atoms with Crippen LogP contribution in [0.25, 0.3) is 33.8 Å². The van der Waals surface area contributed by atoms with Crippen molar-refractivity contribution in [2.75, 3.05) is 23.7 Å². The van der Waals surface area contributed by atoms with Crippen LogP contribution in [0.15, 0.2) is 93.6 Å². The van der Waals surface area contributed by atoms with E-state index in [1.165, 1.54) is 23.9 Å². The van der Waals surface area contributed by atoms with Crippen LogP contribution in [0.3, 0.4) is 0 Å². The van der Waals surface area contributed by atoms with Crippen molar-refractivity contribution in [3.8, 4) is 22.5 Å².